The Morgan fingerprint density at radius 1 is 0.639 bits per heavy atom. The first-order valence-electron chi connectivity index (χ1n) is 12.8. The van der Waals surface area contributed by atoms with Gasteiger partial charge in [0.25, 0.3) is 0 Å². The molecule has 2 nitrogen and oxygen atoms in total. The molecule has 4 aromatic carbocycles. The van der Waals surface area contributed by atoms with Gasteiger partial charge in [0.15, 0.2) is 5.78 Å². The van der Waals surface area contributed by atoms with E-state index in [1.54, 1.807) is 0 Å². The first-order valence-corrected chi connectivity index (χ1v) is 12.8. The van der Waals surface area contributed by atoms with E-state index in [4.69, 9.17) is 0 Å². The molecule has 1 saturated carbocycles. The van der Waals surface area contributed by atoms with E-state index in [-0.39, 0.29) is 17.6 Å². The monoisotopic (exact) mass is 474 g/mol. The van der Waals surface area contributed by atoms with Gasteiger partial charge in [-0.25, -0.2) is 0 Å². The maximum absolute atomic E-state index is 14.3. The second-order valence-corrected chi connectivity index (χ2v) is 10.7. The summed E-state index contributed by atoms with van der Waals surface area (Å²) < 4.78 is 0. The molecule has 1 aliphatic carbocycles. The van der Waals surface area contributed by atoms with Crippen molar-refractivity contribution in [3.63, 3.8) is 0 Å². The smallest absolute Gasteiger partial charge is 0.169 e. The van der Waals surface area contributed by atoms with Gasteiger partial charge in [-0.2, -0.15) is 0 Å². The molecule has 0 saturated heterocycles. The molecule has 0 aromatic heterocycles. The summed E-state index contributed by atoms with van der Waals surface area (Å²) in [4.78, 5) is 14.3. The molecule has 4 atom stereocenters. The van der Waals surface area contributed by atoms with Crippen molar-refractivity contribution in [1.82, 2.24) is 0 Å². The Morgan fingerprint density at radius 2 is 1.06 bits per heavy atom. The van der Waals surface area contributed by atoms with E-state index < -0.39 is 11.5 Å². The molecule has 1 N–H and O–H groups in total. The third-order valence-electron chi connectivity index (χ3n) is 7.98. The van der Waals surface area contributed by atoms with Gasteiger partial charge in [-0.1, -0.05) is 119 Å². The van der Waals surface area contributed by atoms with Crippen molar-refractivity contribution in [3.8, 4) is 0 Å². The van der Waals surface area contributed by atoms with Crippen molar-refractivity contribution in [2.75, 3.05) is 0 Å². The minimum Gasteiger partial charge on any atom is -0.384 e. The van der Waals surface area contributed by atoms with Gasteiger partial charge in [0.1, 0.15) is 5.60 Å². The topological polar surface area (TPSA) is 37.3 Å². The molecule has 0 heterocycles. The van der Waals surface area contributed by atoms with Crippen LogP contribution in [0.5, 0.6) is 0 Å². The summed E-state index contributed by atoms with van der Waals surface area (Å²) in [5.41, 5.74) is 7.05. The van der Waals surface area contributed by atoms with Crippen molar-refractivity contribution in [2.24, 2.45) is 5.92 Å². The Kier molecular flexibility index (Phi) is 6.40. The fraction of sp³-hybridized carbons (Fsp3) is 0.265. The number of rotatable bonds is 5. The molecule has 2 heteroatoms. The van der Waals surface area contributed by atoms with Crippen molar-refractivity contribution < 1.29 is 9.90 Å². The number of hydrogen-bond acceptors (Lipinski definition) is 2. The quantitative estimate of drug-likeness (QED) is 0.303. The SMILES string of the molecule is Cc1ccc(C(=O)C2C(c3ccc(C)cc3)C(c3ccc(C)cc3)CC2(O)c2ccc(C)cc2)cc1. The van der Waals surface area contributed by atoms with Gasteiger partial charge in [-0.05, 0) is 56.7 Å². The molecular weight excluding hydrogens is 440 g/mol. The van der Waals surface area contributed by atoms with E-state index in [0.717, 1.165) is 27.8 Å². The Labute approximate surface area is 214 Å². The van der Waals surface area contributed by atoms with Crippen LogP contribution in [0.3, 0.4) is 0 Å². The lowest BCUT2D eigenvalue weighted by molar-refractivity contribution is -0.000259. The van der Waals surface area contributed by atoms with Crippen LogP contribution in [0.25, 0.3) is 0 Å². The lowest BCUT2D eigenvalue weighted by Gasteiger charge is -2.33. The molecule has 182 valence electrons. The number of aryl methyl sites for hydroxylation is 4. The highest BCUT2D eigenvalue weighted by molar-refractivity contribution is 6.00. The number of carbonyl (C=O) groups is 1. The summed E-state index contributed by atoms with van der Waals surface area (Å²) in [6, 6.07) is 32.9. The summed E-state index contributed by atoms with van der Waals surface area (Å²) >= 11 is 0. The summed E-state index contributed by atoms with van der Waals surface area (Å²) in [5.74, 6) is -0.775. The molecule has 4 unspecified atom stereocenters. The van der Waals surface area contributed by atoms with Crippen molar-refractivity contribution in [2.45, 2.75) is 51.6 Å². The number of benzene rings is 4. The van der Waals surface area contributed by atoms with Crippen LogP contribution in [-0.2, 0) is 5.60 Å². The van der Waals surface area contributed by atoms with Gasteiger partial charge in [0.2, 0.25) is 0 Å². The predicted octanol–water partition coefficient (Wildman–Crippen LogP) is 7.58. The minimum absolute atomic E-state index is 0.000919. The molecule has 4 aromatic rings. The molecule has 0 bridgehead atoms. The second-order valence-electron chi connectivity index (χ2n) is 10.7. The molecule has 0 amide bonds. The van der Waals surface area contributed by atoms with Crippen LogP contribution in [0, 0.1) is 33.6 Å². The van der Waals surface area contributed by atoms with Crippen molar-refractivity contribution in [1.29, 1.82) is 0 Å². The number of hydrogen-bond donors (Lipinski definition) is 1. The van der Waals surface area contributed by atoms with E-state index >= 15 is 0 Å². The summed E-state index contributed by atoms with van der Waals surface area (Å²) in [6.45, 7) is 8.23. The Bertz CT molecular complexity index is 1350. The van der Waals surface area contributed by atoms with Crippen LogP contribution in [-0.4, -0.2) is 10.9 Å². The fourth-order valence-corrected chi connectivity index (χ4v) is 5.89. The Balaban J connectivity index is 1.72. The zero-order valence-corrected chi connectivity index (χ0v) is 21.5. The van der Waals surface area contributed by atoms with Crippen LogP contribution in [0.2, 0.25) is 0 Å². The van der Waals surface area contributed by atoms with Gasteiger partial charge in [-0.3, -0.25) is 4.79 Å². The van der Waals surface area contributed by atoms with Crippen molar-refractivity contribution in [3.05, 3.63) is 142 Å². The maximum Gasteiger partial charge on any atom is 0.169 e. The van der Waals surface area contributed by atoms with Crippen LogP contribution in [0.1, 0.15) is 67.6 Å². The van der Waals surface area contributed by atoms with E-state index in [1.165, 1.54) is 11.1 Å². The lowest BCUT2D eigenvalue weighted by Crippen LogP contribution is -2.38. The fourth-order valence-electron chi connectivity index (χ4n) is 5.89. The largest absolute Gasteiger partial charge is 0.384 e. The maximum atomic E-state index is 14.3. The number of ketones is 1. The van der Waals surface area contributed by atoms with E-state index in [9.17, 15) is 9.90 Å². The molecule has 0 aliphatic heterocycles. The van der Waals surface area contributed by atoms with E-state index in [1.807, 2.05) is 62.4 Å². The first-order chi connectivity index (χ1) is 17.3. The average molecular weight is 475 g/mol. The lowest BCUT2D eigenvalue weighted by atomic mass is 9.73. The molecule has 36 heavy (non-hydrogen) atoms. The molecule has 0 spiro atoms. The van der Waals surface area contributed by atoms with Crippen LogP contribution >= 0.6 is 0 Å². The van der Waals surface area contributed by atoms with Crippen LogP contribution < -0.4 is 0 Å². The zero-order valence-electron chi connectivity index (χ0n) is 21.5. The summed E-state index contributed by atoms with van der Waals surface area (Å²) in [6.07, 6.45) is 0.486. The summed E-state index contributed by atoms with van der Waals surface area (Å²) in [5, 5.41) is 12.6. The Morgan fingerprint density at radius 3 is 1.56 bits per heavy atom. The third kappa shape index (κ3) is 4.42. The molecule has 1 fully saturated rings. The van der Waals surface area contributed by atoms with Gasteiger partial charge in [-0.15, -0.1) is 0 Å². The second kappa shape index (κ2) is 9.52. The first kappa shape index (κ1) is 24.2. The highest BCUT2D eigenvalue weighted by Crippen LogP contribution is 2.59. The van der Waals surface area contributed by atoms with E-state index in [0.29, 0.717) is 12.0 Å². The number of carbonyl (C=O) groups excluding carboxylic acids is 1. The zero-order chi connectivity index (χ0) is 25.4. The van der Waals surface area contributed by atoms with Gasteiger partial charge in [0.05, 0.1) is 5.92 Å². The van der Waals surface area contributed by atoms with Gasteiger partial charge in [0, 0.05) is 11.5 Å². The number of Topliss-reactive ketones (excluding diaryl/α,β-unsaturated/α-hetero) is 1. The standard InChI is InChI=1S/C34H34O2/c1-22-5-13-26(14-6-22)30-21-34(36,29-19-11-25(4)12-20-29)32(31(30)27-15-7-23(2)8-16-27)33(35)28-17-9-24(3)10-18-28/h5-20,30-32,36H,21H2,1-4H3. The Hall–Kier alpha value is -3.49. The highest BCUT2D eigenvalue weighted by atomic mass is 16.3. The van der Waals surface area contributed by atoms with Crippen LogP contribution in [0.4, 0.5) is 0 Å². The van der Waals surface area contributed by atoms with E-state index in [2.05, 4.69) is 62.4 Å². The normalized spacial score (nSPS) is 23.5. The number of aliphatic hydroxyl groups is 1. The molecule has 1 aliphatic rings. The summed E-state index contributed by atoms with van der Waals surface area (Å²) in [7, 11) is 0. The molecule has 0 radical (unpaired) electrons. The van der Waals surface area contributed by atoms with Crippen molar-refractivity contribution >= 4 is 5.78 Å². The van der Waals surface area contributed by atoms with Crippen LogP contribution in [0.15, 0.2) is 97.1 Å². The van der Waals surface area contributed by atoms with Gasteiger partial charge >= 0.3 is 0 Å². The van der Waals surface area contributed by atoms with Gasteiger partial charge < -0.3 is 5.11 Å². The highest BCUT2D eigenvalue weighted by Gasteiger charge is 2.57. The predicted molar refractivity (Wildman–Crippen MR) is 147 cm³/mol. The average Bonchev–Trinajstić information content (AvgIpc) is 3.19. The molecular formula is C34H34O2. The third-order valence-corrected chi connectivity index (χ3v) is 7.98. The molecule has 5 rings (SSSR count). The minimum atomic E-state index is -1.29.